The van der Waals surface area contributed by atoms with Crippen molar-refractivity contribution in [1.29, 1.82) is 0 Å². The second-order valence-corrected chi connectivity index (χ2v) is 4.85. The van der Waals surface area contributed by atoms with Gasteiger partial charge in [0.1, 0.15) is 0 Å². The second-order valence-electron chi connectivity index (χ2n) is 4.85. The first-order valence-corrected chi connectivity index (χ1v) is 6.58. The maximum atomic E-state index is 12.0. The van der Waals surface area contributed by atoms with E-state index in [1.807, 2.05) is 36.5 Å². The molecule has 4 heteroatoms. The molecule has 0 heterocycles. The molecular formula is C17H14O4. The van der Waals surface area contributed by atoms with Gasteiger partial charge in [0, 0.05) is 5.57 Å². The first-order valence-electron chi connectivity index (χ1n) is 6.58. The molecule has 0 N–H and O–H groups in total. The Morgan fingerprint density at radius 1 is 1.00 bits per heavy atom. The van der Waals surface area contributed by atoms with E-state index in [0.717, 1.165) is 28.7 Å². The first kappa shape index (κ1) is 13.4. The van der Waals surface area contributed by atoms with Crippen LogP contribution in [0.3, 0.4) is 0 Å². The molecule has 0 aromatic heterocycles. The van der Waals surface area contributed by atoms with Crippen LogP contribution in [0.15, 0.2) is 69.9 Å². The van der Waals surface area contributed by atoms with Crippen molar-refractivity contribution < 1.29 is 19.1 Å². The number of carbonyl (C=O) groups excluding carboxylic acids is 2. The lowest BCUT2D eigenvalue weighted by atomic mass is 9.70. The third-order valence-electron chi connectivity index (χ3n) is 3.69. The highest BCUT2D eigenvalue weighted by Crippen LogP contribution is 2.48. The van der Waals surface area contributed by atoms with Crippen LogP contribution in [0.2, 0.25) is 0 Å². The van der Waals surface area contributed by atoms with Crippen LogP contribution in [-0.4, -0.2) is 26.2 Å². The van der Waals surface area contributed by atoms with E-state index in [-0.39, 0.29) is 0 Å². The van der Waals surface area contributed by atoms with E-state index in [1.54, 1.807) is 0 Å². The molecule has 106 valence electrons. The zero-order valence-corrected chi connectivity index (χ0v) is 11.8. The smallest absolute Gasteiger partial charge is 0.339 e. The highest BCUT2D eigenvalue weighted by molar-refractivity contribution is 6.15. The Labute approximate surface area is 122 Å². The summed E-state index contributed by atoms with van der Waals surface area (Å²) in [4.78, 5) is 23.9. The van der Waals surface area contributed by atoms with Crippen LogP contribution in [0.25, 0.3) is 0 Å². The standard InChI is InChI=1S/C17H14O4/c1-20-16(18)14-12-9-10-6-4-3-5-7-11(8-10)13(12)15(14)17(19)21-2/h3-7,9H,8H2,1-2H3. The van der Waals surface area contributed by atoms with Gasteiger partial charge >= 0.3 is 11.9 Å². The molecule has 0 aromatic rings. The third-order valence-corrected chi connectivity index (χ3v) is 3.69. The van der Waals surface area contributed by atoms with Crippen LogP contribution in [0.1, 0.15) is 6.42 Å². The molecule has 21 heavy (non-hydrogen) atoms. The van der Waals surface area contributed by atoms with Gasteiger partial charge in [-0.25, -0.2) is 9.59 Å². The van der Waals surface area contributed by atoms with Gasteiger partial charge in [0.25, 0.3) is 0 Å². The molecule has 0 saturated carbocycles. The van der Waals surface area contributed by atoms with Crippen LogP contribution in [0.4, 0.5) is 0 Å². The maximum Gasteiger partial charge on any atom is 0.339 e. The van der Waals surface area contributed by atoms with Gasteiger partial charge in [-0.05, 0) is 29.2 Å². The van der Waals surface area contributed by atoms with Crippen LogP contribution >= 0.6 is 0 Å². The molecule has 0 radical (unpaired) electrons. The molecular weight excluding hydrogens is 268 g/mol. The monoisotopic (exact) mass is 282 g/mol. The summed E-state index contributed by atoms with van der Waals surface area (Å²) in [5.74, 6) is -1.02. The highest BCUT2D eigenvalue weighted by Gasteiger charge is 2.42. The Balaban J connectivity index is 2.23. The molecule has 2 bridgehead atoms. The lowest BCUT2D eigenvalue weighted by Crippen LogP contribution is -2.29. The fourth-order valence-corrected chi connectivity index (χ4v) is 2.76. The fourth-order valence-electron chi connectivity index (χ4n) is 2.76. The number of esters is 2. The lowest BCUT2D eigenvalue weighted by Gasteiger charge is -2.33. The molecule has 0 fully saturated rings. The summed E-state index contributed by atoms with van der Waals surface area (Å²) in [6.45, 7) is 0. The summed E-state index contributed by atoms with van der Waals surface area (Å²) in [5, 5.41) is 0. The third kappa shape index (κ3) is 2.00. The van der Waals surface area contributed by atoms with Crippen molar-refractivity contribution in [3.63, 3.8) is 0 Å². The molecule has 0 unspecified atom stereocenters. The van der Waals surface area contributed by atoms with E-state index in [1.165, 1.54) is 14.2 Å². The van der Waals surface area contributed by atoms with Gasteiger partial charge in [0.2, 0.25) is 0 Å². The molecule has 4 nitrogen and oxygen atoms in total. The van der Waals surface area contributed by atoms with E-state index in [4.69, 9.17) is 9.47 Å². The van der Waals surface area contributed by atoms with Gasteiger partial charge in [-0.1, -0.05) is 30.4 Å². The average molecular weight is 282 g/mol. The second kappa shape index (κ2) is 5.05. The van der Waals surface area contributed by atoms with E-state index >= 15 is 0 Å². The van der Waals surface area contributed by atoms with Crippen molar-refractivity contribution in [3.05, 3.63) is 69.9 Å². The van der Waals surface area contributed by atoms with Crippen molar-refractivity contribution in [1.82, 2.24) is 0 Å². The van der Waals surface area contributed by atoms with Crippen LogP contribution < -0.4 is 0 Å². The molecule has 3 rings (SSSR count). The summed E-state index contributed by atoms with van der Waals surface area (Å²) >= 11 is 0. The molecule has 0 aliphatic heterocycles. The number of hydrogen-bond donors (Lipinski definition) is 0. The molecule has 3 aliphatic carbocycles. The van der Waals surface area contributed by atoms with E-state index in [2.05, 4.69) is 0 Å². The van der Waals surface area contributed by atoms with Gasteiger partial charge in [0.15, 0.2) is 0 Å². The summed E-state index contributed by atoms with van der Waals surface area (Å²) < 4.78 is 9.59. The minimum Gasteiger partial charge on any atom is -0.465 e. The zero-order chi connectivity index (χ0) is 15.0. The summed E-state index contributed by atoms with van der Waals surface area (Å²) in [6, 6.07) is 0. The average Bonchev–Trinajstić information content (AvgIpc) is 2.45. The van der Waals surface area contributed by atoms with Crippen molar-refractivity contribution in [2.24, 2.45) is 0 Å². The topological polar surface area (TPSA) is 52.6 Å². The molecule has 0 atom stereocenters. The van der Waals surface area contributed by atoms with Crippen molar-refractivity contribution in [3.8, 4) is 0 Å². The minimum atomic E-state index is -0.511. The molecule has 0 saturated heterocycles. The Bertz CT molecular complexity index is 724. The number of allylic oxidation sites excluding steroid dienone is 8. The number of rotatable bonds is 2. The first-order chi connectivity index (χ1) is 10.2. The van der Waals surface area contributed by atoms with E-state index in [9.17, 15) is 9.59 Å². The fraction of sp³-hybridized carbons (Fsp3) is 0.176. The van der Waals surface area contributed by atoms with E-state index < -0.39 is 11.9 Å². The number of methoxy groups -OCH3 is 2. The number of carbonyl (C=O) groups is 2. The largest absolute Gasteiger partial charge is 0.465 e. The van der Waals surface area contributed by atoms with Gasteiger partial charge in [-0.3, -0.25) is 0 Å². The SMILES string of the molecule is COC(=O)C1=C(C(=O)OC)C2=C3C=CC=CC=C(C=C21)C3. The Hall–Kier alpha value is -2.62. The normalized spacial score (nSPS) is 19.0. The van der Waals surface area contributed by atoms with Gasteiger partial charge in [-0.15, -0.1) is 0 Å². The molecule has 0 spiro atoms. The van der Waals surface area contributed by atoms with Crippen molar-refractivity contribution in [2.45, 2.75) is 6.42 Å². The summed E-state index contributed by atoms with van der Waals surface area (Å²) in [5.41, 5.74) is 4.28. The summed E-state index contributed by atoms with van der Waals surface area (Å²) in [7, 11) is 2.61. The summed E-state index contributed by atoms with van der Waals surface area (Å²) in [6.07, 6.45) is 12.4. The highest BCUT2D eigenvalue weighted by atomic mass is 16.5. The Kier molecular flexibility index (Phi) is 3.22. The van der Waals surface area contributed by atoms with Crippen LogP contribution in [0.5, 0.6) is 0 Å². The number of hydrogen-bond acceptors (Lipinski definition) is 4. The maximum absolute atomic E-state index is 12.0. The quantitative estimate of drug-likeness (QED) is 0.729. The minimum absolute atomic E-state index is 0.306. The van der Waals surface area contributed by atoms with Crippen molar-refractivity contribution in [2.75, 3.05) is 14.2 Å². The zero-order valence-electron chi connectivity index (χ0n) is 11.8. The van der Waals surface area contributed by atoms with Crippen LogP contribution in [-0.2, 0) is 19.1 Å². The van der Waals surface area contributed by atoms with Gasteiger partial charge < -0.3 is 9.47 Å². The predicted molar refractivity (Wildman–Crippen MR) is 77.1 cm³/mol. The number of ether oxygens (including phenoxy) is 2. The van der Waals surface area contributed by atoms with Crippen molar-refractivity contribution >= 4 is 11.9 Å². The molecule has 0 aromatic carbocycles. The molecule has 0 amide bonds. The molecule has 3 aliphatic rings. The Morgan fingerprint density at radius 3 is 2.43 bits per heavy atom. The van der Waals surface area contributed by atoms with Gasteiger partial charge in [0.05, 0.1) is 25.4 Å². The number of fused-ring (bicyclic) bond motifs is 3. The van der Waals surface area contributed by atoms with Crippen LogP contribution in [0, 0.1) is 0 Å². The lowest BCUT2D eigenvalue weighted by molar-refractivity contribution is -0.139. The van der Waals surface area contributed by atoms with Gasteiger partial charge in [-0.2, -0.15) is 0 Å². The predicted octanol–water partition coefficient (Wildman–Crippen LogP) is 2.32. The Morgan fingerprint density at radius 2 is 1.71 bits per heavy atom. The van der Waals surface area contributed by atoms with E-state index in [0.29, 0.717) is 11.1 Å².